The van der Waals surface area contributed by atoms with Gasteiger partial charge < -0.3 is 9.30 Å². The highest BCUT2D eigenvalue weighted by atomic mass is 32.2. The van der Waals surface area contributed by atoms with Crippen molar-refractivity contribution in [2.24, 2.45) is 5.92 Å². The molecule has 25 heavy (non-hydrogen) atoms. The van der Waals surface area contributed by atoms with Crippen molar-refractivity contribution in [3.63, 3.8) is 0 Å². The molecule has 0 amide bonds. The second kappa shape index (κ2) is 6.81. The van der Waals surface area contributed by atoms with Gasteiger partial charge in [0.15, 0.2) is 11.6 Å². The zero-order valence-corrected chi connectivity index (χ0v) is 14.7. The number of hydrogen-bond donors (Lipinski definition) is 0. The van der Waals surface area contributed by atoms with Crippen molar-refractivity contribution in [3.05, 3.63) is 42.2 Å². The maximum absolute atomic E-state index is 14.1. The molecule has 9 heteroatoms. The molecule has 0 unspecified atom stereocenters. The van der Waals surface area contributed by atoms with Gasteiger partial charge >= 0.3 is 0 Å². The first-order chi connectivity index (χ1) is 11.8. The van der Waals surface area contributed by atoms with E-state index >= 15 is 0 Å². The number of imidazole rings is 1. The lowest BCUT2D eigenvalue weighted by Crippen LogP contribution is -2.32. The number of hydrogen-bond acceptors (Lipinski definition) is 4. The van der Waals surface area contributed by atoms with Gasteiger partial charge in [-0.05, 0) is 12.1 Å². The summed E-state index contributed by atoms with van der Waals surface area (Å²) in [7, 11) is -0.458. The number of benzene rings is 1. The van der Waals surface area contributed by atoms with E-state index in [2.05, 4.69) is 4.98 Å². The summed E-state index contributed by atoms with van der Waals surface area (Å²) in [6.07, 6.45) is 3.11. The van der Waals surface area contributed by atoms with Crippen molar-refractivity contribution in [3.8, 4) is 11.4 Å². The van der Waals surface area contributed by atoms with Crippen LogP contribution in [0.25, 0.3) is 11.4 Å². The molecule has 0 bridgehead atoms. The first-order valence-electron chi connectivity index (χ1n) is 7.76. The van der Waals surface area contributed by atoms with E-state index in [1.54, 1.807) is 10.8 Å². The molecule has 0 spiro atoms. The van der Waals surface area contributed by atoms with Gasteiger partial charge in [0, 0.05) is 32.4 Å². The van der Waals surface area contributed by atoms with Crippen LogP contribution in [0.4, 0.5) is 8.78 Å². The van der Waals surface area contributed by atoms with Gasteiger partial charge in [-0.15, -0.1) is 0 Å². The minimum Gasteiger partial charge on any atom is -0.379 e. The molecule has 1 fully saturated rings. The average Bonchev–Trinajstić information content (AvgIpc) is 3.18. The zero-order valence-electron chi connectivity index (χ0n) is 13.9. The Morgan fingerprint density at radius 3 is 2.80 bits per heavy atom. The number of halogens is 2. The van der Waals surface area contributed by atoms with Crippen LogP contribution in [0.5, 0.6) is 0 Å². The maximum Gasteiger partial charge on any atom is 0.214 e. The Balaban J connectivity index is 1.95. The van der Waals surface area contributed by atoms with Gasteiger partial charge in [-0.3, -0.25) is 0 Å². The predicted molar refractivity (Wildman–Crippen MR) is 88.4 cm³/mol. The van der Waals surface area contributed by atoms with Crippen molar-refractivity contribution in [1.29, 1.82) is 0 Å². The summed E-state index contributed by atoms with van der Waals surface area (Å²) in [4.78, 5) is 4.14. The largest absolute Gasteiger partial charge is 0.379 e. The number of nitrogens with zero attached hydrogens (tertiary/aromatic N) is 3. The molecule has 1 aromatic heterocycles. The zero-order chi connectivity index (χ0) is 18.2. The lowest BCUT2D eigenvalue weighted by atomic mass is 10.1. The Bertz CT molecular complexity index is 867. The fourth-order valence-electron chi connectivity index (χ4n) is 2.94. The molecule has 6 nitrogen and oxygen atoms in total. The van der Waals surface area contributed by atoms with Crippen LogP contribution in [-0.2, 0) is 14.8 Å². The second-order valence-electron chi connectivity index (χ2n) is 6.19. The number of aromatic nitrogens is 2. The third-order valence-electron chi connectivity index (χ3n) is 4.36. The molecule has 3 rings (SSSR count). The van der Waals surface area contributed by atoms with E-state index in [4.69, 9.17) is 4.74 Å². The van der Waals surface area contributed by atoms with E-state index < -0.39 is 21.7 Å². The topological polar surface area (TPSA) is 64.4 Å². The van der Waals surface area contributed by atoms with Crippen LogP contribution in [0.3, 0.4) is 0 Å². The molecule has 1 aliphatic heterocycles. The van der Waals surface area contributed by atoms with Crippen LogP contribution in [0, 0.1) is 17.6 Å². The highest BCUT2D eigenvalue weighted by molar-refractivity contribution is 7.89. The molecule has 2 atom stereocenters. The van der Waals surface area contributed by atoms with Crippen LogP contribution >= 0.6 is 0 Å². The van der Waals surface area contributed by atoms with Crippen molar-refractivity contribution < 1.29 is 21.9 Å². The van der Waals surface area contributed by atoms with Gasteiger partial charge in [0.2, 0.25) is 10.0 Å². The summed E-state index contributed by atoms with van der Waals surface area (Å²) in [6.45, 7) is 0.564. The Labute approximate surface area is 145 Å². The standard InChI is InChI=1S/C16H19F2N3O3S/c1-20(2)25(22,23)10-11-8-24-9-14(11)21-7-6-19-16(21)12-4-3-5-13(17)15(12)18/h3-7,11,14H,8-10H2,1-2H3/t11-,14+/m0/s1. The minimum absolute atomic E-state index is 0.0334. The fourth-order valence-corrected chi connectivity index (χ4v) is 4.10. The smallest absolute Gasteiger partial charge is 0.214 e. The van der Waals surface area contributed by atoms with E-state index in [1.165, 1.54) is 36.7 Å². The van der Waals surface area contributed by atoms with Crippen molar-refractivity contribution in [2.45, 2.75) is 6.04 Å². The highest BCUT2D eigenvalue weighted by Gasteiger charge is 2.35. The molecule has 0 N–H and O–H groups in total. The Morgan fingerprint density at radius 2 is 2.08 bits per heavy atom. The van der Waals surface area contributed by atoms with Crippen LogP contribution in [-0.4, -0.2) is 55.3 Å². The SMILES string of the molecule is CN(C)S(=O)(=O)C[C@@H]1COC[C@H]1n1ccnc1-c1cccc(F)c1F. The van der Waals surface area contributed by atoms with E-state index in [-0.39, 0.29) is 42.3 Å². The van der Waals surface area contributed by atoms with Gasteiger partial charge in [0.05, 0.1) is 30.6 Å². The summed E-state index contributed by atoms with van der Waals surface area (Å²) < 4.78 is 60.4. The van der Waals surface area contributed by atoms with E-state index in [1.807, 2.05) is 0 Å². The van der Waals surface area contributed by atoms with E-state index in [9.17, 15) is 17.2 Å². The van der Waals surface area contributed by atoms with Gasteiger partial charge in [-0.1, -0.05) is 6.07 Å². The van der Waals surface area contributed by atoms with Crippen molar-refractivity contribution in [1.82, 2.24) is 13.9 Å². The molecule has 1 saturated heterocycles. The van der Waals surface area contributed by atoms with Crippen LogP contribution < -0.4 is 0 Å². The van der Waals surface area contributed by atoms with Gasteiger partial charge in [0.25, 0.3) is 0 Å². The van der Waals surface area contributed by atoms with E-state index in [0.29, 0.717) is 0 Å². The van der Waals surface area contributed by atoms with Gasteiger partial charge in [0.1, 0.15) is 5.82 Å². The Morgan fingerprint density at radius 1 is 1.32 bits per heavy atom. The van der Waals surface area contributed by atoms with Crippen molar-refractivity contribution in [2.75, 3.05) is 33.1 Å². The number of sulfonamides is 1. The second-order valence-corrected chi connectivity index (χ2v) is 8.41. The predicted octanol–water partition coefficient (Wildman–Crippen LogP) is 1.91. The normalized spacial score (nSPS) is 21.2. The fraction of sp³-hybridized carbons (Fsp3) is 0.438. The number of rotatable bonds is 5. The molecule has 0 saturated carbocycles. The van der Waals surface area contributed by atoms with Gasteiger partial charge in [-0.25, -0.2) is 26.5 Å². The van der Waals surface area contributed by atoms with Crippen molar-refractivity contribution >= 4 is 10.0 Å². The third kappa shape index (κ3) is 3.44. The molecule has 2 heterocycles. The molecule has 0 aliphatic carbocycles. The van der Waals surface area contributed by atoms with Crippen LogP contribution in [0.1, 0.15) is 6.04 Å². The Kier molecular flexibility index (Phi) is 4.90. The number of ether oxygens (including phenoxy) is 1. The summed E-state index contributed by atoms with van der Waals surface area (Å²) >= 11 is 0. The van der Waals surface area contributed by atoms with Gasteiger partial charge in [-0.2, -0.15) is 0 Å². The third-order valence-corrected chi connectivity index (χ3v) is 6.33. The monoisotopic (exact) mass is 371 g/mol. The summed E-state index contributed by atoms with van der Waals surface area (Å²) in [5.74, 6) is -2.09. The average molecular weight is 371 g/mol. The minimum atomic E-state index is -3.41. The Hall–Kier alpha value is -1.84. The lowest BCUT2D eigenvalue weighted by Gasteiger charge is -2.22. The van der Waals surface area contributed by atoms with Crippen LogP contribution in [0.15, 0.2) is 30.6 Å². The molecular weight excluding hydrogens is 352 g/mol. The lowest BCUT2D eigenvalue weighted by molar-refractivity contribution is 0.182. The maximum atomic E-state index is 14.1. The first kappa shape index (κ1) is 18.0. The molecule has 2 aromatic rings. The first-order valence-corrected chi connectivity index (χ1v) is 9.37. The summed E-state index contributed by atoms with van der Waals surface area (Å²) in [6, 6.07) is 3.57. The van der Waals surface area contributed by atoms with Crippen LogP contribution in [0.2, 0.25) is 0 Å². The van der Waals surface area contributed by atoms with E-state index in [0.717, 1.165) is 6.07 Å². The molecule has 1 aliphatic rings. The molecule has 1 aromatic carbocycles. The summed E-state index contributed by atoms with van der Waals surface area (Å²) in [5, 5.41) is 0. The molecule has 0 radical (unpaired) electrons. The highest BCUT2D eigenvalue weighted by Crippen LogP contribution is 2.32. The molecule has 136 valence electrons. The quantitative estimate of drug-likeness (QED) is 0.805. The summed E-state index contributed by atoms with van der Waals surface area (Å²) in [5.41, 5.74) is 0.0334. The molecular formula is C16H19F2N3O3S.